The number of hydrogen-bond acceptors (Lipinski definition) is 16. The van der Waals surface area contributed by atoms with Gasteiger partial charge in [0.2, 0.25) is 6.29 Å². The normalized spacial score (nSPS) is 25.6. The molecular formula is C76H146O17S. The first-order chi connectivity index (χ1) is 44.7. The van der Waals surface area contributed by atoms with Gasteiger partial charge in [-0.05, 0) is 124 Å². The first-order valence-corrected chi connectivity index (χ1v) is 40.1. The Kier molecular flexibility index (Phi) is 48.6. The molecule has 0 bridgehead atoms. The van der Waals surface area contributed by atoms with E-state index in [0.29, 0.717) is 60.2 Å². The number of aliphatic hydroxyl groups excluding tert-OH is 6. The van der Waals surface area contributed by atoms with Crippen LogP contribution in [0.4, 0.5) is 0 Å². The number of aliphatic hydroxyl groups is 6. The van der Waals surface area contributed by atoms with Crippen LogP contribution in [-0.2, 0) is 47.9 Å². The van der Waals surface area contributed by atoms with Crippen molar-refractivity contribution in [1.29, 1.82) is 0 Å². The fourth-order valence-electron chi connectivity index (χ4n) is 15.8. The zero-order valence-corrected chi connectivity index (χ0v) is 62.6. The maximum atomic E-state index is 14.1. The Labute approximate surface area is 574 Å². The second-order valence-corrected chi connectivity index (χ2v) is 32.1. The van der Waals surface area contributed by atoms with Gasteiger partial charge in [0, 0.05) is 6.42 Å². The predicted molar refractivity (Wildman–Crippen MR) is 376 cm³/mol. The van der Waals surface area contributed by atoms with E-state index in [1.807, 2.05) is 0 Å². The number of carbonyl (C=O) groups excluding carboxylic acids is 2. The smallest absolute Gasteiger partial charge is 0.397 e. The largest absolute Gasteiger partial charge is 0.455 e. The highest BCUT2D eigenvalue weighted by Crippen LogP contribution is 2.36. The Morgan fingerprint density at radius 3 is 1.12 bits per heavy atom. The first-order valence-electron chi connectivity index (χ1n) is 38.7. The van der Waals surface area contributed by atoms with Crippen LogP contribution in [0.5, 0.6) is 0 Å². The zero-order chi connectivity index (χ0) is 70.0. The highest BCUT2D eigenvalue weighted by Gasteiger charge is 2.55. The highest BCUT2D eigenvalue weighted by atomic mass is 32.3. The molecule has 0 radical (unpaired) electrons. The predicted octanol–water partition coefficient (Wildman–Crippen LogP) is 16.5. The quantitative estimate of drug-likeness (QED) is 0.0169. The van der Waals surface area contributed by atoms with Crippen molar-refractivity contribution in [1.82, 2.24) is 0 Å². The van der Waals surface area contributed by atoms with Gasteiger partial charge in [0.1, 0.15) is 30.5 Å². The molecule has 17 nitrogen and oxygen atoms in total. The Bertz CT molecular complexity index is 1980. The lowest BCUT2D eigenvalue weighted by Crippen LogP contribution is -2.65. The molecule has 2 aliphatic heterocycles. The third-order valence-corrected chi connectivity index (χ3v) is 20.9. The molecule has 0 saturated carbocycles. The van der Waals surface area contributed by atoms with Crippen LogP contribution in [-0.4, -0.2) is 136 Å². The lowest BCUT2D eigenvalue weighted by molar-refractivity contribution is -0.374. The summed E-state index contributed by atoms with van der Waals surface area (Å²) >= 11 is 0. The first kappa shape index (κ1) is 88.5. The average molecular weight is 1360 g/mol. The molecule has 7 N–H and O–H groups in total. The van der Waals surface area contributed by atoms with Crippen LogP contribution in [0.2, 0.25) is 0 Å². The molecular weight excluding hydrogens is 1220 g/mol. The van der Waals surface area contributed by atoms with E-state index in [1.54, 1.807) is 6.92 Å². The number of esters is 2. The van der Waals surface area contributed by atoms with Crippen LogP contribution >= 0.6 is 0 Å². The fourth-order valence-corrected chi connectivity index (χ4v) is 16.3. The molecule has 94 heavy (non-hydrogen) atoms. The van der Waals surface area contributed by atoms with Crippen molar-refractivity contribution >= 4 is 22.3 Å². The topological polar surface area (TPSA) is 265 Å². The molecule has 21 atom stereocenters. The van der Waals surface area contributed by atoms with Crippen LogP contribution in [0, 0.1) is 59.2 Å². The van der Waals surface area contributed by atoms with Gasteiger partial charge in [-0.1, -0.05) is 256 Å². The molecule has 18 heteroatoms. The summed E-state index contributed by atoms with van der Waals surface area (Å²) in [5.74, 6) is 2.34. The van der Waals surface area contributed by atoms with E-state index in [1.165, 1.54) is 161 Å². The van der Waals surface area contributed by atoms with Gasteiger partial charge in [0.25, 0.3) is 0 Å². The van der Waals surface area contributed by atoms with Crippen molar-refractivity contribution in [3.05, 3.63) is 0 Å². The van der Waals surface area contributed by atoms with Gasteiger partial charge in [-0.25, -0.2) is 4.18 Å². The van der Waals surface area contributed by atoms with Crippen molar-refractivity contribution < 1.29 is 81.1 Å². The van der Waals surface area contributed by atoms with Crippen LogP contribution in [0.3, 0.4) is 0 Å². The van der Waals surface area contributed by atoms with Crippen molar-refractivity contribution in [2.45, 2.75) is 401 Å². The minimum atomic E-state index is -5.32. The monoisotopic (exact) mass is 1360 g/mol. The van der Waals surface area contributed by atoms with E-state index >= 15 is 0 Å². The van der Waals surface area contributed by atoms with Gasteiger partial charge in [0.15, 0.2) is 24.6 Å². The summed E-state index contributed by atoms with van der Waals surface area (Å²) in [6, 6.07) is 0. The Hall–Kier alpha value is -1.55. The number of hydrogen-bond donors (Lipinski definition) is 7. The minimum absolute atomic E-state index is 0.0538. The molecule has 558 valence electrons. The molecule has 2 fully saturated rings. The average Bonchev–Trinajstić information content (AvgIpc) is 0.781. The standard InChI is InChI=1S/C76H146O17S/c1-13-15-17-19-21-23-25-27-28-30-31-33-35-37-39-41-64(79)62(11)50-60(9)48-58(7)46-56(5)44-54(3)43-55(4)45-57(6)47-59(8)49-61(10)51-63(12)74(84)91-71-69(82)66(53-78)89-76(92-75-72(93-94(85,86)87)70(83)68(81)65(52-77)88-75)73(71)90-67(80)42-40-38-36-34-32-29-26-24-22-20-18-16-14-2/h54-66,68-73,75-79,81-83H,13-53H2,1-12H3,(H,85,86,87)/t54-,55+,56-,57+,58-,59+,60-,61+,62-,63+,64?,65?,66?,68-,69-,70?,71?,72+,73-,75-,76-/m1/s1. The molecule has 0 aromatic carbocycles. The van der Waals surface area contributed by atoms with E-state index in [9.17, 15) is 53.2 Å². The van der Waals surface area contributed by atoms with E-state index in [-0.39, 0.29) is 18.4 Å². The van der Waals surface area contributed by atoms with Crippen molar-refractivity contribution in [2.24, 2.45) is 59.2 Å². The van der Waals surface area contributed by atoms with Gasteiger partial charge in [0.05, 0.1) is 25.2 Å². The van der Waals surface area contributed by atoms with Gasteiger partial charge in [-0.2, -0.15) is 8.42 Å². The molecule has 5 unspecified atom stereocenters. The maximum absolute atomic E-state index is 14.1. The second kappa shape index (κ2) is 51.6. The summed E-state index contributed by atoms with van der Waals surface area (Å²) in [4.78, 5) is 27.8. The molecule has 2 heterocycles. The van der Waals surface area contributed by atoms with E-state index < -0.39 is 103 Å². The summed E-state index contributed by atoms with van der Waals surface area (Å²) in [7, 11) is -5.32. The Morgan fingerprint density at radius 2 is 0.745 bits per heavy atom. The molecule has 0 aromatic heterocycles. The third-order valence-electron chi connectivity index (χ3n) is 20.5. The summed E-state index contributed by atoms with van der Waals surface area (Å²) in [6.07, 6.45) is 26.4. The van der Waals surface area contributed by atoms with Gasteiger partial charge in [-0.15, -0.1) is 0 Å². The lowest BCUT2D eigenvalue weighted by Gasteiger charge is -2.46. The molecule has 0 aromatic rings. The highest BCUT2D eigenvalue weighted by molar-refractivity contribution is 7.80. The Morgan fingerprint density at radius 1 is 0.415 bits per heavy atom. The molecule has 0 spiro atoms. The number of unbranched alkanes of at least 4 members (excludes halogenated alkanes) is 26. The second-order valence-electron chi connectivity index (χ2n) is 31.0. The van der Waals surface area contributed by atoms with Gasteiger partial charge in [-0.3, -0.25) is 14.1 Å². The molecule has 0 amide bonds. The maximum Gasteiger partial charge on any atom is 0.397 e. The van der Waals surface area contributed by atoms with Crippen LogP contribution in [0.15, 0.2) is 0 Å². The van der Waals surface area contributed by atoms with Crippen LogP contribution in [0.1, 0.15) is 333 Å². The Balaban J connectivity index is 1.90. The SMILES string of the molecule is CCCCCCCCCCCCCCCCCC(O)[C@H](C)C[C@H](C)C[C@H](C)C[C@H](C)C[C@H](C)C[C@H](C)C[C@H](C)C[C@H](C)C[C@H](C)C[C@H](C)C(=O)OC1[C@H](O)C(CO)O[C@H](O[C@H]2OC(CO)[C@@H](O)C(O)[C@@H]2OS(=O)(=O)O)[C@@H]1OC(=O)CCCCCCCCCCCCCCC. The van der Waals surface area contributed by atoms with E-state index in [0.717, 1.165) is 70.6 Å². The molecule has 2 saturated heterocycles. The number of carbonyl (C=O) groups is 2. The third kappa shape index (κ3) is 39.4. The molecule has 0 aliphatic carbocycles. The number of rotatable bonds is 58. The summed E-state index contributed by atoms with van der Waals surface area (Å²) < 4.78 is 67.6. The van der Waals surface area contributed by atoms with E-state index in [2.05, 4.69) is 80.3 Å². The van der Waals surface area contributed by atoms with Gasteiger partial charge < -0.3 is 54.3 Å². The van der Waals surface area contributed by atoms with Crippen LogP contribution < -0.4 is 0 Å². The van der Waals surface area contributed by atoms with Crippen molar-refractivity contribution in [3.63, 3.8) is 0 Å². The van der Waals surface area contributed by atoms with Crippen LogP contribution in [0.25, 0.3) is 0 Å². The van der Waals surface area contributed by atoms with Crippen molar-refractivity contribution in [2.75, 3.05) is 13.2 Å². The number of ether oxygens (including phenoxy) is 5. The summed E-state index contributed by atoms with van der Waals surface area (Å²) in [5.41, 5.74) is 0. The zero-order valence-electron chi connectivity index (χ0n) is 61.7. The summed E-state index contributed by atoms with van der Waals surface area (Å²) in [5, 5.41) is 64.5. The van der Waals surface area contributed by atoms with Gasteiger partial charge >= 0.3 is 22.3 Å². The van der Waals surface area contributed by atoms with Crippen molar-refractivity contribution in [3.8, 4) is 0 Å². The minimum Gasteiger partial charge on any atom is -0.455 e. The lowest BCUT2D eigenvalue weighted by atomic mass is 9.79. The fraction of sp³-hybridized carbons (Fsp3) is 0.974. The van der Waals surface area contributed by atoms with E-state index in [4.69, 9.17) is 23.7 Å². The summed E-state index contributed by atoms with van der Waals surface area (Å²) in [6.45, 7) is 25.5. The molecule has 2 aliphatic rings. The molecule has 2 rings (SSSR count).